The number of hydrogen-bond donors (Lipinski definition) is 1. The molecule has 108 valence electrons. The zero-order valence-corrected chi connectivity index (χ0v) is 11.3. The third kappa shape index (κ3) is 5.35. The van der Waals surface area contributed by atoms with Crippen molar-refractivity contribution >= 4 is 7.60 Å². The van der Waals surface area contributed by atoms with Gasteiger partial charge in [0.25, 0.3) is 0 Å². The Bertz CT molecular complexity index is 434. The topological polar surface area (TPSA) is 46.5 Å². The molecule has 2 unspecified atom stereocenters. The van der Waals surface area contributed by atoms with Crippen LogP contribution in [0, 0.1) is 0 Å². The van der Waals surface area contributed by atoms with E-state index in [1.165, 1.54) is 24.3 Å². The van der Waals surface area contributed by atoms with Crippen LogP contribution in [0.5, 0.6) is 0 Å². The smallest absolute Gasteiger partial charge is 0.324 e. The molecular weight excluding hydrogens is 280 g/mol. The number of hydrogen-bond acceptors (Lipinski definition) is 2. The van der Waals surface area contributed by atoms with E-state index in [1.807, 2.05) is 0 Å². The fraction of sp³-hybridized carbons (Fsp3) is 0.500. The van der Waals surface area contributed by atoms with Gasteiger partial charge < -0.3 is 4.89 Å². The fourth-order valence-electron chi connectivity index (χ4n) is 1.51. The minimum absolute atomic E-state index is 0.180. The van der Waals surface area contributed by atoms with E-state index in [0.29, 0.717) is 12.8 Å². The third-order valence-electron chi connectivity index (χ3n) is 2.46. The molecule has 0 amide bonds. The minimum Gasteiger partial charge on any atom is -0.324 e. The summed E-state index contributed by atoms with van der Waals surface area (Å²) in [5, 5.41) is 0. The highest BCUT2D eigenvalue weighted by Gasteiger charge is 2.45. The maximum Gasteiger partial charge on any atom is 0.419 e. The van der Waals surface area contributed by atoms with Crippen LogP contribution in [0.2, 0.25) is 0 Å². The molecule has 1 aromatic carbocycles. The number of benzene rings is 1. The Morgan fingerprint density at radius 2 is 1.89 bits per heavy atom. The predicted octanol–water partition coefficient (Wildman–Crippen LogP) is 4.29. The molecule has 0 radical (unpaired) electrons. The Morgan fingerprint density at radius 1 is 1.32 bits per heavy atom. The van der Waals surface area contributed by atoms with Crippen LogP contribution in [0.3, 0.4) is 0 Å². The first-order valence-electron chi connectivity index (χ1n) is 5.88. The number of alkyl halides is 3. The molecule has 0 aliphatic carbocycles. The van der Waals surface area contributed by atoms with E-state index < -0.39 is 19.9 Å². The Morgan fingerprint density at radius 3 is 2.37 bits per heavy atom. The minimum atomic E-state index is -4.73. The van der Waals surface area contributed by atoms with Crippen molar-refractivity contribution in [1.29, 1.82) is 0 Å². The van der Waals surface area contributed by atoms with Gasteiger partial charge in [-0.15, -0.1) is 0 Å². The highest BCUT2D eigenvalue weighted by atomic mass is 31.2. The highest BCUT2D eigenvalue weighted by molar-refractivity contribution is 7.52. The summed E-state index contributed by atoms with van der Waals surface area (Å²) < 4.78 is 54.8. The summed E-state index contributed by atoms with van der Waals surface area (Å²) >= 11 is 0. The van der Waals surface area contributed by atoms with E-state index in [1.54, 1.807) is 13.0 Å². The second-order valence-corrected chi connectivity index (χ2v) is 6.09. The summed E-state index contributed by atoms with van der Waals surface area (Å²) in [6.45, 7) is 1.78. The molecule has 7 heteroatoms. The Labute approximate surface area is 109 Å². The molecule has 1 aromatic rings. The van der Waals surface area contributed by atoms with E-state index in [2.05, 4.69) is 4.52 Å². The second kappa shape index (κ2) is 6.55. The van der Waals surface area contributed by atoms with Gasteiger partial charge in [-0.3, -0.25) is 9.09 Å². The standard InChI is InChI=1S/C12H16F3O3P/c1-2-3-9-19(16,17)18-11(12(13,14)15)10-7-5-4-6-8-10/h4-8,11H,2-3,9H2,1H3,(H,16,17). The molecule has 1 N–H and O–H groups in total. The van der Waals surface area contributed by atoms with Crippen LogP contribution in [0.1, 0.15) is 31.4 Å². The van der Waals surface area contributed by atoms with E-state index in [4.69, 9.17) is 0 Å². The summed E-state index contributed by atoms with van der Waals surface area (Å²) in [5.41, 5.74) is -0.180. The van der Waals surface area contributed by atoms with Crippen molar-refractivity contribution in [2.75, 3.05) is 6.16 Å². The average Bonchev–Trinajstić information content (AvgIpc) is 2.33. The van der Waals surface area contributed by atoms with Gasteiger partial charge in [-0.2, -0.15) is 13.2 Å². The van der Waals surface area contributed by atoms with E-state index >= 15 is 0 Å². The Kier molecular flexibility index (Phi) is 5.59. The van der Waals surface area contributed by atoms with Gasteiger partial charge in [-0.1, -0.05) is 43.7 Å². The SMILES string of the molecule is CCCCP(=O)(O)OC(c1ccccc1)C(F)(F)F. The van der Waals surface area contributed by atoms with E-state index in [9.17, 15) is 22.6 Å². The molecule has 0 bridgehead atoms. The van der Waals surface area contributed by atoms with Crippen molar-refractivity contribution in [3.05, 3.63) is 35.9 Å². The Balaban J connectivity index is 2.92. The summed E-state index contributed by atoms with van der Waals surface area (Å²) in [7, 11) is -4.25. The summed E-state index contributed by atoms with van der Waals surface area (Å²) in [6, 6.07) is 6.85. The number of rotatable bonds is 6. The summed E-state index contributed by atoms with van der Waals surface area (Å²) in [4.78, 5) is 9.47. The summed E-state index contributed by atoms with van der Waals surface area (Å²) in [6.07, 6.45) is -6.43. The molecule has 0 aliphatic rings. The largest absolute Gasteiger partial charge is 0.419 e. The molecule has 19 heavy (non-hydrogen) atoms. The van der Waals surface area contributed by atoms with Crippen molar-refractivity contribution in [3.63, 3.8) is 0 Å². The zero-order valence-electron chi connectivity index (χ0n) is 10.4. The first kappa shape index (κ1) is 16.2. The number of unbranched alkanes of at least 4 members (excludes halogenated alkanes) is 1. The third-order valence-corrected chi connectivity index (χ3v) is 3.89. The highest BCUT2D eigenvalue weighted by Crippen LogP contribution is 2.51. The van der Waals surface area contributed by atoms with Gasteiger partial charge in [0, 0.05) is 0 Å². The first-order valence-corrected chi connectivity index (χ1v) is 7.64. The summed E-state index contributed by atoms with van der Waals surface area (Å²) in [5.74, 6) is 0. The van der Waals surface area contributed by atoms with Gasteiger partial charge in [0.05, 0.1) is 6.16 Å². The van der Waals surface area contributed by atoms with Crippen LogP contribution in [0.15, 0.2) is 30.3 Å². The van der Waals surface area contributed by atoms with Crippen LogP contribution in [-0.4, -0.2) is 17.2 Å². The lowest BCUT2D eigenvalue weighted by Gasteiger charge is -2.23. The first-order chi connectivity index (χ1) is 8.76. The molecule has 0 spiro atoms. The normalized spacial score (nSPS) is 16.9. The molecule has 3 nitrogen and oxygen atoms in total. The van der Waals surface area contributed by atoms with Crippen molar-refractivity contribution in [2.24, 2.45) is 0 Å². The van der Waals surface area contributed by atoms with E-state index in [0.717, 1.165) is 0 Å². The Hall–Kier alpha value is -0.840. The molecular formula is C12H16F3O3P. The van der Waals surface area contributed by atoms with Crippen LogP contribution < -0.4 is 0 Å². The number of halogens is 3. The quantitative estimate of drug-likeness (QED) is 0.796. The van der Waals surface area contributed by atoms with Gasteiger partial charge in [-0.25, -0.2) is 0 Å². The van der Waals surface area contributed by atoms with Crippen LogP contribution in [0.4, 0.5) is 13.2 Å². The molecule has 1 rings (SSSR count). The molecule has 0 fully saturated rings. The van der Waals surface area contributed by atoms with Crippen LogP contribution >= 0.6 is 7.60 Å². The van der Waals surface area contributed by atoms with Crippen molar-refractivity contribution in [2.45, 2.75) is 32.0 Å². The van der Waals surface area contributed by atoms with Gasteiger partial charge in [-0.05, 0) is 12.0 Å². The maximum atomic E-state index is 12.9. The van der Waals surface area contributed by atoms with Crippen molar-refractivity contribution in [1.82, 2.24) is 0 Å². The lowest BCUT2D eigenvalue weighted by Crippen LogP contribution is -2.23. The van der Waals surface area contributed by atoms with Crippen molar-refractivity contribution in [3.8, 4) is 0 Å². The maximum absolute atomic E-state index is 12.9. The monoisotopic (exact) mass is 296 g/mol. The van der Waals surface area contributed by atoms with Gasteiger partial charge in [0.2, 0.25) is 0 Å². The van der Waals surface area contributed by atoms with E-state index in [-0.39, 0.29) is 11.7 Å². The molecule has 0 aliphatic heterocycles. The molecule has 0 saturated heterocycles. The van der Waals surface area contributed by atoms with Crippen LogP contribution in [0.25, 0.3) is 0 Å². The molecule has 2 atom stereocenters. The van der Waals surface area contributed by atoms with Gasteiger partial charge in [0.15, 0.2) is 6.10 Å². The fourth-order valence-corrected chi connectivity index (χ4v) is 2.90. The average molecular weight is 296 g/mol. The van der Waals surface area contributed by atoms with Gasteiger partial charge in [0.1, 0.15) is 0 Å². The van der Waals surface area contributed by atoms with Gasteiger partial charge >= 0.3 is 13.8 Å². The molecule has 0 aromatic heterocycles. The van der Waals surface area contributed by atoms with Crippen molar-refractivity contribution < 1.29 is 27.2 Å². The molecule has 0 saturated carbocycles. The molecule has 0 heterocycles. The predicted molar refractivity (Wildman–Crippen MR) is 65.9 cm³/mol. The second-order valence-electron chi connectivity index (χ2n) is 4.15. The van der Waals surface area contributed by atoms with Crippen LogP contribution in [-0.2, 0) is 9.09 Å². The lowest BCUT2D eigenvalue weighted by atomic mass is 10.1. The lowest BCUT2D eigenvalue weighted by molar-refractivity contribution is -0.199. The zero-order chi connectivity index (χ0) is 14.5.